The first-order chi connectivity index (χ1) is 9.83. The van der Waals surface area contributed by atoms with Crippen molar-refractivity contribution in [3.05, 3.63) is 40.2 Å². The Labute approximate surface area is 128 Å². The lowest BCUT2D eigenvalue weighted by molar-refractivity contribution is 0.0601. The van der Waals surface area contributed by atoms with E-state index in [1.165, 1.54) is 0 Å². The Morgan fingerprint density at radius 2 is 2.19 bits per heavy atom. The van der Waals surface area contributed by atoms with E-state index in [2.05, 4.69) is 14.4 Å². The summed E-state index contributed by atoms with van der Waals surface area (Å²) in [5.74, 6) is -1.56. The average Bonchev–Trinajstić information content (AvgIpc) is 2.87. The van der Waals surface area contributed by atoms with Crippen LogP contribution in [0.3, 0.4) is 0 Å². The van der Waals surface area contributed by atoms with Crippen LogP contribution >= 0.6 is 22.9 Å². The van der Waals surface area contributed by atoms with Crippen molar-refractivity contribution in [1.29, 1.82) is 0 Å². The van der Waals surface area contributed by atoms with Gasteiger partial charge in [0.25, 0.3) is 10.0 Å². The summed E-state index contributed by atoms with van der Waals surface area (Å²) >= 11 is 6.34. The first-order valence-corrected chi connectivity index (χ1v) is 8.03. The summed E-state index contributed by atoms with van der Waals surface area (Å²) in [6.07, 6.45) is 1.08. The Hall–Kier alpha value is -1.71. The molecule has 10 heteroatoms. The van der Waals surface area contributed by atoms with E-state index >= 15 is 0 Å². The van der Waals surface area contributed by atoms with Gasteiger partial charge in [-0.3, -0.25) is 4.72 Å². The standard InChI is InChI=1S/C11H8ClFN2O4S2/c1-19-10(16)7-4-6(13)2-3-8(7)15-21(17,18)9-5-14-11(12)20-9/h2-5,15H,1H3. The van der Waals surface area contributed by atoms with Crippen LogP contribution in [0.1, 0.15) is 10.4 Å². The summed E-state index contributed by atoms with van der Waals surface area (Å²) in [6.45, 7) is 0. The molecule has 0 aliphatic heterocycles. The van der Waals surface area contributed by atoms with Crippen LogP contribution in [0.2, 0.25) is 4.47 Å². The number of benzene rings is 1. The molecule has 0 saturated carbocycles. The molecule has 112 valence electrons. The van der Waals surface area contributed by atoms with Gasteiger partial charge in [0.15, 0.2) is 8.68 Å². The molecule has 2 rings (SSSR count). The fourth-order valence-corrected chi connectivity index (χ4v) is 3.82. The van der Waals surface area contributed by atoms with Crippen LogP contribution in [-0.2, 0) is 14.8 Å². The monoisotopic (exact) mass is 350 g/mol. The van der Waals surface area contributed by atoms with E-state index in [4.69, 9.17) is 11.6 Å². The highest BCUT2D eigenvalue weighted by Gasteiger charge is 2.21. The van der Waals surface area contributed by atoms with Gasteiger partial charge in [0.2, 0.25) is 0 Å². The van der Waals surface area contributed by atoms with Crippen molar-refractivity contribution in [2.75, 3.05) is 11.8 Å². The molecule has 0 bridgehead atoms. The average molecular weight is 351 g/mol. The van der Waals surface area contributed by atoms with E-state index < -0.39 is 21.8 Å². The molecule has 21 heavy (non-hydrogen) atoms. The van der Waals surface area contributed by atoms with Crippen LogP contribution in [0, 0.1) is 5.82 Å². The molecule has 0 amide bonds. The van der Waals surface area contributed by atoms with Gasteiger partial charge in [0.05, 0.1) is 24.6 Å². The maximum Gasteiger partial charge on any atom is 0.340 e. The number of carbonyl (C=O) groups is 1. The summed E-state index contributed by atoms with van der Waals surface area (Å²) in [5, 5.41) is 0. The van der Waals surface area contributed by atoms with E-state index in [-0.39, 0.29) is 19.9 Å². The third-order valence-corrected chi connectivity index (χ3v) is 5.29. The molecule has 0 aliphatic rings. The summed E-state index contributed by atoms with van der Waals surface area (Å²) in [7, 11) is -2.87. The van der Waals surface area contributed by atoms with Crippen LogP contribution in [0.5, 0.6) is 0 Å². The topological polar surface area (TPSA) is 85.4 Å². The zero-order valence-corrected chi connectivity index (χ0v) is 12.9. The number of aromatic nitrogens is 1. The molecular weight excluding hydrogens is 343 g/mol. The molecule has 1 heterocycles. The molecule has 1 aromatic heterocycles. The van der Waals surface area contributed by atoms with Gasteiger partial charge in [0.1, 0.15) is 5.82 Å². The number of nitrogens with one attached hydrogen (secondary N) is 1. The van der Waals surface area contributed by atoms with Gasteiger partial charge in [-0.15, -0.1) is 0 Å². The molecule has 0 unspecified atom stereocenters. The predicted molar refractivity (Wildman–Crippen MR) is 75.7 cm³/mol. The Bertz CT molecular complexity index is 791. The zero-order valence-electron chi connectivity index (χ0n) is 10.5. The fraction of sp³-hybridized carbons (Fsp3) is 0.0909. The molecule has 2 aromatic rings. The number of sulfonamides is 1. The first-order valence-electron chi connectivity index (χ1n) is 5.35. The highest BCUT2D eigenvalue weighted by Crippen LogP contribution is 2.26. The SMILES string of the molecule is COC(=O)c1cc(F)ccc1NS(=O)(=O)c1cnc(Cl)s1. The molecule has 6 nitrogen and oxygen atoms in total. The number of halogens is 2. The number of hydrogen-bond donors (Lipinski definition) is 1. The van der Waals surface area contributed by atoms with Crippen molar-refractivity contribution in [3.8, 4) is 0 Å². The summed E-state index contributed by atoms with van der Waals surface area (Å²) < 4.78 is 44.0. The van der Waals surface area contributed by atoms with Gasteiger partial charge < -0.3 is 4.74 Å². The zero-order chi connectivity index (χ0) is 15.6. The van der Waals surface area contributed by atoms with E-state index in [0.717, 1.165) is 42.8 Å². The van der Waals surface area contributed by atoms with Crippen LogP contribution in [0.25, 0.3) is 0 Å². The second-order valence-electron chi connectivity index (χ2n) is 3.72. The molecular formula is C11H8ClFN2O4S2. The van der Waals surface area contributed by atoms with Gasteiger partial charge in [0, 0.05) is 0 Å². The lowest BCUT2D eigenvalue weighted by Crippen LogP contribution is -2.15. The van der Waals surface area contributed by atoms with Gasteiger partial charge in [-0.2, -0.15) is 0 Å². The Kier molecular flexibility index (Phi) is 4.45. The molecule has 1 N–H and O–H groups in total. The van der Waals surface area contributed by atoms with Crippen LogP contribution < -0.4 is 4.72 Å². The summed E-state index contributed by atoms with van der Waals surface area (Å²) in [4.78, 5) is 15.2. The molecule has 0 atom stereocenters. The van der Waals surface area contributed by atoms with Crippen molar-refractivity contribution in [2.24, 2.45) is 0 Å². The number of anilines is 1. The second kappa shape index (κ2) is 5.96. The van der Waals surface area contributed by atoms with Crippen LogP contribution in [0.4, 0.5) is 10.1 Å². The highest BCUT2D eigenvalue weighted by atomic mass is 35.5. The van der Waals surface area contributed by atoms with Crippen molar-refractivity contribution in [1.82, 2.24) is 4.98 Å². The molecule has 0 spiro atoms. The number of esters is 1. The number of nitrogens with zero attached hydrogens (tertiary/aromatic N) is 1. The van der Waals surface area contributed by atoms with Gasteiger partial charge in [-0.1, -0.05) is 22.9 Å². The van der Waals surface area contributed by atoms with Crippen molar-refractivity contribution in [2.45, 2.75) is 4.21 Å². The summed E-state index contributed by atoms with van der Waals surface area (Å²) in [5.41, 5.74) is -0.343. The molecule has 0 saturated heterocycles. The molecule has 1 aromatic carbocycles. The van der Waals surface area contributed by atoms with Crippen molar-refractivity contribution in [3.63, 3.8) is 0 Å². The van der Waals surface area contributed by atoms with Gasteiger partial charge in [-0.25, -0.2) is 22.6 Å². The number of methoxy groups -OCH3 is 1. The van der Waals surface area contributed by atoms with Crippen LogP contribution in [-0.4, -0.2) is 26.5 Å². The highest BCUT2D eigenvalue weighted by molar-refractivity contribution is 7.94. The van der Waals surface area contributed by atoms with Crippen molar-refractivity contribution >= 4 is 44.6 Å². The largest absolute Gasteiger partial charge is 0.465 e. The Morgan fingerprint density at radius 1 is 1.48 bits per heavy atom. The Morgan fingerprint density at radius 3 is 2.76 bits per heavy atom. The number of carbonyl (C=O) groups excluding carboxylic acids is 1. The molecule has 0 radical (unpaired) electrons. The number of ether oxygens (including phenoxy) is 1. The van der Waals surface area contributed by atoms with E-state index in [1.807, 2.05) is 0 Å². The molecule has 0 fully saturated rings. The van der Waals surface area contributed by atoms with E-state index in [9.17, 15) is 17.6 Å². The van der Waals surface area contributed by atoms with Crippen LogP contribution in [0.15, 0.2) is 28.6 Å². The maximum absolute atomic E-state index is 13.2. The third-order valence-electron chi connectivity index (χ3n) is 2.35. The smallest absolute Gasteiger partial charge is 0.340 e. The minimum Gasteiger partial charge on any atom is -0.465 e. The third kappa shape index (κ3) is 3.49. The number of hydrogen-bond acceptors (Lipinski definition) is 6. The first kappa shape index (κ1) is 15.7. The number of thiazole rings is 1. The van der Waals surface area contributed by atoms with E-state index in [1.54, 1.807) is 0 Å². The van der Waals surface area contributed by atoms with Gasteiger partial charge in [-0.05, 0) is 18.2 Å². The minimum absolute atomic E-state index is 0.0580. The lowest BCUT2D eigenvalue weighted by atomic mass is 10.2. The molecule has 0 aliphatic carbocycles. The van der Waals surface area contributed by atoms with Gasteiger partial charge >= 0.3 is 5.97 Å². The summed E-state index contributed by atoms with van der Waals surface area (Å²) in [6, 6.07) is 3.02. The normalized spacial score (nSPS) is 11.2. The quantitative estimate of drug-likeness (QED) is 0.856. The maximum atomic E-state index is 13.2. The second-order valence-corrected chi connectivity index (χ2v) is 7.24. The van der Waals surface area contributed by atoms with Crippen molar-refractivity contribution < 1.29 is 22.3 Å². The Balaban J connectivity index is 2.42. The van der Waals surface area contributed by atoms with E-state index in [0.29, 0.717) is 0 Å². The lowest BCUT2D eigenvalue weighted by Gasteiger charge is -2.10. The fourth-order valence-electron chi connectivity index (χ4n) is 1.44. The number of rotatable bonds is 4. The predicted octanol–water partition coefficient (Wildman–Crippen LogP) is 2.52. The minimum atomic E-state index is -3.98.